The summed E-state index contributed by atoms with van der Waals surface area (Å²) >= 11 is 0. The van der Waals surface area contributed by atoms with Crippen molar-refractivity contribution in [3.63, 3.8) is 0 Å². The first kappa shape index (κ1) is 49.5. The first-order valence-electron chi connectivity index (χ1n) is 18.3. The lowest BCUT2D eigenvalue weighted by Crippen LogP contribution is -2.36. The molecule has 0 aliphatic rings. The molecule has 0 amide bonds. The molecule has 0 fully saturated rings. The molecule has 0 spiro atoms. The van der Waals surface area contributed by atoms with Crippen molar-refractivity contribution in [2.24, 2.45) is 0 Å². The molecule has 0 saturated heterocycles. The van der Waals surface area contributed by atoms with Crippen molar-refractivity contribution >= 4 is 61.7 Å². The van der Waals surface area contributed by atoms with Crippen LogP contribution in [0.15, 0.2) is 0 Å². The highest BCUT2D eigenvalue weighted by Gasteiger charge is 2.26. The van der Waals surface area contributed by atoms with Crippen molar-refractivity contribution in [3.05, 3.63) is 0 Å². The van der Waals surface area contributed by atoms with E-state index in [1.165, 1.54) is 51.4 Å². The second kappa shape index (κ2) is 30.9. The molecule has 0 bridgehead atoms. The Hall–Kier alpha value is 1.51. The molecule has 0 aliphatic heterocycles. The third kappa shape index (κ3) is 26.3. The first-order chi connectivity index (χ1) is 22.9. The average Bonchev–Trinajstić information content (AvgIpc) is 3.08. The third-order valence-corrected chi connectivity index (χ3v) is 18.6. The summed E-state index contributed by atoms with van der Waals surface area (Å²) in [6.07, 6.45) is 17.8. The Kier molecular flexibility index (Phi) is 31.9. The average molecular weight is 795 g/mol. The summed E-state index contributed by atoms with van der Waals surface area (Å²) in [6.45, 7) is 12.4. The fourth-order valence-electron chi connectivity index (χ4n) is 5.15. The predicted octanol–water partition coefficient (Wildman–Crippen LogP) is 8.76. The highest BCUT2D eigenvalue weighted by atomic mass is 33.7. The van der Waals surface area contributed by atoms with Crippen LogP contribution in [0.5, 0.6) is 0 Å². The van der Waals surface area contributed by atoms with Gasteiger partial charge in [0.15, 0.2) is 25.2 Å². The molecule has 8 unspecified atom stereocenters. The van der Waals surface area contributed by atoms with Crippen LogP contribution in [-0.2, 0) is 37.9 Å². The van der Waals surface area contributed by atoms with Crippen LogP contribution in [0.3, 0.4) is 0 Å². The zero-order valence-electron chi connectivity index (χ0n) is 32.7. The fraction of sp³-hybridized carbons (Fsp3) is 1.00. The van der Waals surface area contributed by atoms with Crippen LogP contribution in [0.2, 0.25) is 0 Å². The molecule has 0 N–H and O–H groups in total. The molecular weight excluding hydrogens is 721 g/mol. The summed E-state index contributed by atoms with van der Waals surface area (Å²) in [7, 11) is 16.0. The SMILES string of the molecule is CCC([SiH3])(CCCCCCCC(OC(C)OC)SSSSC(CCCCCCCC([SiH3])(CC)OC(C)OC)OC(C)OC)OC(C)OC. The molecule has 0 radical (unpaired) electrons. The molecule has 0 aromatic rings. The maximum atomic E-state index is 6.20. The molecule has 0 aliphatic carbocycles. The van der Waals surface area contributed by atoms with Gasteiger partial charge in [0.25, 0.3) is 0 Å². The van der Waals surface area contributed by atoms with Gasteiger partial charge in [0, 0.05) is 48.9 Å². The number of ether oxygens (including phenoxy) is 8. The Morgan fingerprint density at radius 2 is 0.792 bits per heavy atom. The Balaban J connectivity index is 4.50. The Labute approximate surface area is 317 Å². The molecule has 8 nitrogen and oxygen atoms in total. The number of methoxy groups -OCH3 is 4. The van der Waals surface area contributed by atoms with E-state index >= 15 is 0 Å². The van der Waals surface area contributed by atoms with Gasteiger partial charge in [-0.3, -0.25) is 0 Å². The summed E-state index contributed by atoms with van der Waals surface area (Å²) in [5.41, 5.74) is 0.183. The van der Waals surface area contributed by atoms with E-state index in [4.69, 9.17) is 37.9 Å². The van der Waals surface area contributed by atoms with Gasteiger partial charge in [0.1, 0.15) is 10.9 Å². The summed E-state index contributed by atoms with van der Waals surface area (Å²) in [5.74, 6) is 0. The normalized spacial score (nSPS) is 18.6. The zero-order chi connectivity index (χ0) is 36.3. The van der Waals surface area contributed by atoms with Crippen molar-refractivity contribution in [3.8, 4) is 0 Å². The van der Waals surface area contributed by atoms with Crippen LogP contribution in [0.25, 0.3) is 0 Å². The Morgan fingerprint density at radius 3 is 1.10 bits per heavy atom. The maximum absolute atomic E-state index is 6.20. The Bertz CT molecular complexity index is 683. The van der Waals surface area contributed by atoms with E-state index < -0.39 is 0 Å². The van der Waals surface area contributed by atoms with Gasteiger partial charge in [0.05, 0.1) is 10.4 Å². The van der Waals surface area contributed by atoms with Gasteiger partial charge >= 0.3 is 0 Å². The minimum atomic E-state index is -0.219. The zero-order valence-corrected chi connectivity index (χ0v) is 39.9. The van der Waals surface area contributed by atoms with E-state index in [-0.39, 0.29) is 46.5 Å². The van der Waals surface area contributed by atoms with Crippen molar-refractivity contribution < 1.29 is 37.9 Å². The van der Waals surface area contributed by atoms with E-state index in [1.807, 2.05) is 27.7 Å². The molecule has 0 heterocycles. The van der Waals surface area contributed by atoms with Crippen molar-refractivity contribution in [1.29, 1.82) is 0 Å². The van der Waals surface area contributed by atoms with Gasteiger partial charge in [-0.05, 0) is 120 Å². The lowest BCUT2D eigenvalue weighted by Gasteiger charge is -2.31. The minimum absolute atomic E-state index is 0.0253. The summed E-state index contributed by atoms with van der Waals surface area (Å²) in [5, 5.41) is 0.0506. The van der Waals surface area contributed by atoms with E-state index in [0.29, 0.717) is 0 Å². The standard InChI is InChI=1S/C34H74O8S4Si2/c1-11-33(47,41-29(5)37-9)25-21-17-13-15-19-23-31(39-27(3)35-7)43-45-46-44-32(40-28(4)36-8)24-20-16-14-18-22-26-34(48,12-2)42-30(6)38-10/h27-32H,11-26H2,1-10,47-48H3. The fourth-order valence-corrected chi connectivity index (χ4v) is 13.1. The first-order valence-corrected chi connectivity index (χ1v) is 25.3. The molecule has 0 saturated carbocycles. The topological polar surface area (TPSA) is 73.8 Å². The monoisotopic (exact) mass is 794 g/mol. The van der Waals surface area contributed by atoms with Crippen LogP contribution in [0, 0.1) is 0 Å². The van der Waals surface area contributed by atoms with Crippen LogP contribution in [0.1, 0.15) is 144 Å². The summed E-state index contributed by atoms with van der Waals surface area (Å²) < 4.78 is 46.3. The van der Waals surface area contributed by atoms with E-state index in [1.54, 1.807) is 69.7 Å². The second-order valence-electron chi connectivity index (χ2n) is 13.1. The van der Waals surface area contributed by atoms with E-state index in [9.17, 15) is 0 Å². The molecule has 0 aromatic heterocycles. The quantitative estimate of drug-likeness (QED) is 0.0267. The maximum Gasteiger partial charge on any atom is 0.155 e. The number of rotatable bonds is 35. The van der Waals surface area contributed by atoms with Gasteiger partial charge in [-0.2, -0.15) is 0 Å². The lowest BCUT2D eigenvalue weighted by molar-refractivity contribution is -0.163. The molecule has 0 rings (SSSR count). The van der Waals surface area contributed by atoms with Crippen molar-refractivity contribution in [2.45, 2.75) is 191 Å². The van der Waals surface area contributed by atoms with Crippen molar-refractivity contribution in [2.75, 3.05) is 28.4 Å². The van der Waals surface area contributed by atoms with Crippen LogP contribution >= 0.6 is 41.2 Å². The predicted molar refractivity (Wildman–Crippen MR) is 219 cm³/mol. The number of unbranched alkanes of at least 4 members (excludes halogenated alkanes) is 8. The van der Waals surface area contributed by atoms with Crippen LogP contribution < -0.4 is 0 Å². The van der Waals surface area contributed by atoms with Crippen molar-refractivity contribution in [1.82, 2.24) is 0 Å². The van der Waals surface area contributed by atoms with Gasteiger partial charge in [0.2, 0.25) is 0 Å². The third-order valence-electron chi connectivity index (χ3n) is 9.02. The summed E-state index contributed by atoms with van der Waals surface area (Å²) in [6, 6.07) is 0. The largest absolute Gasteiger partial charge is 0.356 e. The minimum Gasteiger partial charge on any atom is -0.356 e. The molecule has 48 heavy (non-hydrogen) atoms. The van der Waals surface area contributed by atoms with Crippen LogP contribution in [0.4, 0.5) is 0 Å². The second-order valence-corrected chi connectivity index (χ2v) is 22.9. The number of hydrogen-bond donors (Lipinski definition) is 0. The van der Waals surface area contributed by atoms with E-state index in [2.05, 4.69) is 13.8 Å². The van der Waals surface area contributed by atoms with Crippen LogP contribution in [-0.4, -0.2) is 95.4 Å². The van der Waals surface area contributed by atoms with Gasteiger partial charge in [-0.25, -0.2) is 0 Å². The molecule has 8 atom stereocenters. The highest BCUT2D eigenvalue weighted by Crippen LogP contribution is 2.49. The summed E-state index contributed by atoms with van der Waals surface area (Å²) in [4.78, 5) is 0. The molecule has 0 aromatic carbocycles. The smallest absolute Gasteiger partial charge is 0.155 e. The van der Waals surface area contributed by atoms with Gasteiger partial charge in [-0.15, -0.1) is 0 Å². The molecular formula is C34H74O8S4Si2. The van der Waals surface area contributed by atoms with Gasteiger partial charge in [-0.1, -0.05) is 65.2 Å². The highest BCUT2D eigenvalue weighted by molar-refractivity contribution is 9.26. The van der Waals surface area contributed by atoms with E-state index in [0.717, 1.165) is 71.9 Å². The molecule has 290 valence electrons. The lowest BCUT2D eigenvalue weighted by atomic mass is 10.0. The molecule has 14 heteroatoms. The van der Waals surface area contributed by atoms with Gasteiger partial charge < -0.3 is 37.9 Å². The Morgan fingerprint density at radius 1 is 0.479 bits per heavy atom. The number of hydrogen-bond acceptors (Lipinski definition) is 12.